The van der Waals surface area contributed by atoms with Gasteiger partial charge in [-0.3, -0.25) is 14.6 Å². The highest BCUT2D eigenvalue weighted by Gasteiger charge is 2.50. The van der Waals surface area contributed by atoms with E-state index in [1.807, 2.05) is 6.92 Å². The molecule has 0 radical (unpaired) electrons. The first kappa shape index (κ1) is 13.3. The molecule has 2 fully saturated rings. The second-order valence-electron chi connectivity index (χ2n) is 4.12. The van der Waals surface area contributed by atoms with Gasteiger partial charge in [0.1, 0.15) is 18.3 Å². The highest BCUT2D eigenvalue weighted by Crippen LogP contribution is 2.31. The minimum Gasteiger partial charge on any atom is -0.371 e. The van der Waals surface area contributed by atoms with Gasteiger partial charge in [0, 0.05) is 16.6 Å². The molecular weight excluding hydrogens is 250 g/mol. The number of fused-ring (bicyclic) bond motifs is 1. The van der Waals surface area contributed by atoms with Gasteiger partial charge in [0.2, 0.25) is 0 Å². The Hall–Kier alpha value is -0.0900. The molecule has 100 valence electrons. The maximum Gasteiger partial charge on any atom is 0.136 e. The first-order valence-electron chi connectivity index (χ1n) is 5.58. The number of hydrogen-bond acceptors (Lipinski definition) is 7. The Morgan fingerprint density at radius 2 is 2.06 bits per heavy atom. The molecule has 1 unspecified atom stereocenters. The lowest BCUT2D eigenvalue weighted by Crippen LogP contribution is -2.37. The SMILES string of the molecule is CCCS(=O)[C@@H]1CO[C@H]2[C@@H]1OC[C@H]2ON(O)O. The highest BCUT2D eigenvalue weighted by atomic mass is 32.2. The van der Waals surface area contributed by atoms with Gasteiger partial charge in [0.15, 0.2) is 0 Å². The quantitative estimate of drug-likeness (QED) is 0.661. The molecule has 0 saturated carbocycles. The predicted octanol–water partition coefficient (Wildman–Crippen LogP) is -0.308. The smallest absolute Gasteiger partial charge is 0.136 e. The third kappa shape index (κ3) is 2.84. The molecule has 0 bridgehead atoms. The summed E-state index contributed by atoms with van der Waals surface area (Å²) in [6.45, 7) is 2.54. The molecule has 0 amide bonds. The Balaban J connectivity index is 1.94. The van der Waals surface area contributed by atoms with E-state index in [0.29, 0.717) is 12.4 Å². The summed E-state index contributed by atoms with van der Waals surface area (Å²) in [6, 6.07) is 0. The Kier molecular flexibility index (Phi) is 4.47. The van der Waals surface area contributed by atoms with Crippen molar-refractivity contribution in [3.8, 4) is 0 Å². The molecule has 2 rings (SSSR count). The zero-order chi connectivity index (χ0) is 12.4. The summed E-state index contributed by atoms with van der Waals surface area (Å²) >= 11 is 0. The lowest BCUT2D eigenvalue weighted by Gasteiger charge is -2.17. The molecule has 2 saturated heterocycles. The van der Waals surface area contributed by atoms with E-state index in [1.165, 1.54) is 0 Å². The third-order valence-corrected chi connectivity index (χ3v) is 4.83. The van der Waals surface area contributed by atoms with Crippen molar-refractivity contribution < 1.29 is 28.9 Å². The van der Waals surface area contributed by atoms with Crippen LogP contribution in [0.25, 0.3) is 0 Å². The van der Waals surface area contributed by atoms with Gasteiger partial charge in [0.25, 0.3) is 0 Å². The fourth-order valence-electron chi connectivity index (χ4n) is 2.22. The summed E-state index contributed by atoms with van der Waals surface area (Å²) in [6.07, 6.45) is -0.393. The first-order chi connectivity index (χ1) is 8.13. The van der Waals surface area contributed by atoms with Crippen molar-refractivity contribution in [1.29, 1.82) is 0 Å². The van der Waals surface area contributed by atoms with Gasteiger partial charge in [-0.1, -0.05) is 6.92 Å². The van der Waals surface area contributed by atoms with E-state index in [-0.39, 0.29) is 29.5 Å². The molecule has 0 aromatic carbocycles. The zero-order valence-corrected chi connectivity index (χ0v) is 10.3. The van der Waals surface area contributed by atoms with Gasteiger partial charge in [-0.05, 0) is 6.42 Å². The maximum absolute atomic E-state index is 11.9. The molecule has 0 aromatic rings. The van der Waals surface area contributed by atoms with Crippen LogP contribution in [0.15, 0.2) is 0 Å². The molecule has 2 heterocycles. The molecule has 0 aromatic heterocycles. The standard InChI is InChI=1S/C9H17NO6S/c1-2-3-17(13)7-5-15-8-6(16-10(11)12)4-14-9(7)8/h6-9,11-12H,2-5H2,1H3/t6-,7-,8-,9-,17?/m1/s1. The summed E-state index contributed by atoms with van der Waals surface area (Å²) in [5.74, 6) is 0.623. The fourth-order valence-corrected chi connectivity index (χ4v) is 3.69. The van der Waals surface area contributed by atoms with Crippen LogP contribution >= 0.6 is 0 Å². The molecule has 2 aliphatic rings. The van der Waals surface area contributed by atoms with Gasteiger partial charge in [0.05, 0.1) is 23.9 Å². The topological polar surface area (TPSA) is 88.5 Å². The Morgan fingerprint density at radius 1 is 1.35 bits per heavy atom. The minimum absolute atomic E-state index is 0.153. The van der Waals surface area contributed by atoms with Gasteiger partial charge in [-0.15, -0.1) is 0 Å². The summed E-state index contributed by atoms with van der Waals surface area (Å²) < 4.78 is 22.9. The molecular formula is C9H17NO6S. The van der Waals surface area contributed by atoms with Gasteiger partial charge in [-0.2, -0.15) is 0 Å². The summed E-state index contributed by atoms with van der Waals surface area (Å²) in [5.41, 5.74) is 0. The van der Waals surface area contributed by atoms with Crippen LogP contribution in [0, 0.1) is 0 Å². The largest absolute Gasteiger partial charge is 0.371 e. The van der Waals surface area contributed by atoms with Crippen LogP contribution in [0.1, 0.15) is 13.3 Å². The van der Waals surface area contributed by atoms with Gasteiger partial charge < -0.3 is 9.47 Å². The van der Waals surface area contributed by atoms with Gasteiger partial charge >= 0.3 is 0 Å². The van der Waals surface area contributed by atoms with Crippen molar-refractivity contribution in [2.45, 2.75) is 36.9 Å². The average Bonchev–Trinajstić information content (AvgIpc) is 2.80. The van der Waals surface area contributed by atoms with E-state index in [1.54, 1.807) is 0 Å². The monoisotopic (exact) mass is 267 g/mol. The normalized spacial score (nSPS) is 38.6. The van der Waals surface area contributed by atoms with Crippen LogP contribution in [0.2, 0.25) is 0 Å². The van der Waals surface area contributed by atoms with E-state index in [0.717, 1.165) is 6.42 Å². The van der Waals surface area contributed by atoms with Crippen LogP contribution < -0.4 is 0 Å². The molecule has 8 heteroatoms. The fraction of sp³-hybridized carbons (Fsp3) is 1.00. The second-order valence-corrected chi connectivity index (χ2v) is 5.89. The van der Waals surface area contributed by atoms with E-state index >= 15 is 0 Å². The van der Waals surface area contributed by atoms with Crippen molar-refractivity contribution in [2.24, 2.45) is 0 Å². The Bertz CT molecular complexity index is 289. The van der Waals surface area contributed by atoms with Crippen LogP contribution in [0.4, 0.5) is 0 Å². The summed E-state index contributed by atoms with van der Waals surface area (Å²) in [5, 5.41) is 16.7. The molecule has 5 atom stereocenters. The highest BCUT2D eigenvalue weighted by molar-refractivity contribution is 7.85. The lowest BCUT2D eigenvalue weighted by molar-refractivity contribution is -0.507. The van der Waals surface area contributed by atoms with E-state index < -0.39 is 16.9 Å². The maximum atomic E-state index is 11.9. The Labute approximate surface area is 102 Å². The van der Waals surface area contributed by atoms with Crippen LogP contribution in [-0.4, -0.2) is 62.5 Å². The second kappa shape index (κ2) is 5.70. The van der Waals surface area contributed by atoms with Crippen molar-refractivity contribution in [1.82, 2.24) is 5.39 Å². The van der Waals surface area contributed by atoms with Crippen LogP contribution in [-0.2, 0) is 25.1 Å². The van der Waals surface area contributed by atoms with E-state index in [9.17, 15) is 4.21 Å². The molecule has 17 heavy (non-hydrogen) atoms. The Morgan fingerprint density at radius 3 is 2.71 bits per heavy atom. The van der Waals surface area contributed by atoms with Gasteiger partial charge in [-0.25, -0.2) is 4.84 Å². The van der Waals surface area contributed by atoms with E-state index in [4.69, 9.17) is 24.7 Å². The zero-order valence-electron chi connectivity index (χ0n) is 9.52. The average molecular weight is 267 g/mol. The predicted molar refractivity (Wildman–Crippen MR) is 56.9 cm³/mol. The number of rotatable bonds is 5. The van der Waals surface area contributed by atoms with Crippen molar-refractivity contribution >= 4 is 10.8 Å². The van der Waals surface area contributed by atoms with Crippen LogP contribution in [0.5, 0.6) is 0 Å². The third-order valence-electron chi connectivity index (χ3n) is 2.94. The number of nitrogens with zero attached hydrogens (tertiary/aromatic N) is 1. The number of hydrogen-bond donors (Lipinski definition) is 2. The minimum atomic E-state index is -0.978. The number of ether oxygens (including phenoxy) is 2. The molecule has 0 spiro atoms. The van der Waals surface area contributed by atoms with E-state index in [2.05, 4.69) is 0 Å². The molecule has 7 nitrogen and oxygen atoms in total. The van der Waals surface area contributed by atoms with Crippen molar-refractivity contribution in [2.75, 3.05) is 19.0 Å². The van der Waals surface area contributed by atoms with Crippen molar-refractivity contribution in [3.63, 3.8) is 0 Å². The summed E-state index contributed by atoms with van der Waals surface area (Å²) in [7, 11) is -0.978. The molecule has 2 aliphatic heterocycles. The first-order valence-corrected chi connectivity index (χ1v) is 6.96. The lowest BCUT2D eigenvalue weighted by atomic mass is 10.1. The van der Waals surface area contributed by atoms with Crippen LogP contribution in [0.3, 0.4) is 0 Å². The summed E-state index contributed by atoms with van der Waals surface area (Å²) in [4.78, 5) is 4.71. The van der Waals surface area contributed by atoms with Crippen molar-refractivity contribution in [3.05, 3.63) is 0 Å². The molecule has 2 N–H and O–H groups in total. The molecule has 0 aliphatic carbocycles.